The van der Waals surface area contributed by atoms with Gasteiger partial charge >= 0.3 is 5.97 Å². The van der Waals surface area contributed by atoms with Crippen LogP contribution in [0.4, 0.5) is 0 Å². The first-order chi connectivity index (χ1) is 11.0. The maximum absolute atomic E-state index is 10.9. The van der Waals surface area contributed by atoms with E-state index in [4.69, 9.17) is 9.84 Å². The molecular formula is C17H33NO5. The second kappa shape index (κ2) is 18.6. The molecule has 6 nitrogen and oxygen atoms in total. The van der Waals surface area contributed by atoms with Crippen molar-refractivity contribution in [1.82, 2.24) is 5.32 Å². The Morgan fingerprint density at radius 2 is 1.52 bits per heavy atom. The number of rotatable bonds is 12. The van der Waals surface area contributed by atoms with E-state index in [1.54, 1.807) is 0 Å². The smallest absolute Gasteiger partial charge is 0.356 e. The van der Waals surface area contributed by atoms with Gasteiger partial charge in [-0.1, -0.05) is 46.6 Å². The molecule has 0 aromatic rings. The zero-order chi connectivity index (χ0) is 17.9. The SMILES string of the molecule is C=CC(=O)NC(O)C(=O)OCCCC.CCCCOCCCC. The highest BCUT2D eigenvalue weighted by Crippen LogP contribution is 1.92. The van der Waals surface area contributed by atoms with Crippen molar-refractivity contribution in [1.29, 1.82) is 0 Å². The number of ether oxygens (including phenoxy) is 2. The summed E-state index contributed by atoms with van der Waals surface area (Å²) in [5, 5.41) is 11.0. The third-order valence-electron chi connectivity index (χ3n) is 2.71. The minimum absolute atomic E-state index is 0.246. The Bertz CT molecular complexity index is 301. The summed E-state index contributed by atoms with van der Waals surface area (Å²) in [6.07, 6.45) is 5.88. The average Bonchev–Trinajstić information content (AvgIpc) is 2.55. The Kier molecular flexibility index (Phi) is 19.3. The molecular weight excluding hydrogens is 298 g/mol. The van der Waals surface area contributed by atoms with Crippen LogP contribution in [-0.4, -0.2) is 43.0 Å². The number of nitrogens with one attached hydrogen (secondary N) is 1. The van der Waals surface area contributed by atoms with E-state index in [-0.39, 0.29) is 6.61 Å². The molecule has 0 aliphatic carbocycles. The van der Waals surface area contributed by atoms with Gasteiger partial charge < -0.3 is 19.9 Å². The Morgan fingerprint density at radius 1 is 1.04 bits per heavy atom. The van der Waals surface area contributed by atoms with Crippen LogP contribution < -0.4 is 5.32 Å². The lowest BCUT2D eigenvalue weighted by molar-refractivity contribution is -0.157. The molecule has 1 unspecified atom stereocenters. The van der Waals surface area contributed by atoms with E-state index < -0.39 is 18.1 Å². The van der Waals surface area contributed by atoms with Crippen LogP contribution in [0.15, 0.2) is 12.7 Å². The maximum Gasteiger partial charge on any atom is 0.356 e. The highest BCUT2D eigenvalue weighted by atomic mass is 16.5. The van der Waals surface area contributed by atoms with Crippen LogP contribution in [0.1, 0.15) is 59.3 Å². The first-order valence-corrected chi connectivity index (χ1v) is 8.38. The van der Waals surface area contributed by atoms with Crippen molar-refractivity contribution in [3.05, 3.63) is 12.7 Å². The van der Waals surface area contributed by atoms with Crippen molar-refractivity contribution in [2.24, 2.45) is 0 Å². The lowest BCUT2D eigenvalue weighted by Gasteiger charge is -2.10. The van der Waals surface area contributed by atoms with E-state index in [2.05, 4.69) is 25.2 Å². The number of carbonyl (C=O) groups excluding carboxylic acids is 2. The molecule has 0 rings (SSSR count). The topological polar surface area (TPSA) is 84.9 Å². The van der Waals surface area contributed by atoms with Gasteiger partial charge in [-0.05, 0) is 25.3 Å². The van der Waals surface area contributed by atoms with E-state index in [1.165, 1.54) is 25.7 Å². The molecule has 0 saturated carbocycles. The molecule has 23 heavy (non-hydrogen) atoms. The van der Waals surface area contributed by atoms with Gasteiger partial charge in [0.25, 0.3) is 0 Å². The summed E-state index contributed by atoms with van der Waals surface area (Å²) in [4.78, 5) is 21.6. The maximum atomic E-state index is 10.9. The van der Waals surface area contributed by atoms with E-state index in [0.29, 0.717) is 0 Å². The fourth-order valence-corrected chi connectivity index (χ4v) is 1.24. The van der Waals surface area contributed by atoms with Crippen molar-refractivity contribution in [3.8, 4) is 0 Å². The fraction of sp³-hybridized carbons (Fsp3) is 0.765. The van der Waals surface area contributed by atoms with Crippen LogP contribution >= 0.6 is 0 Å². The van der Waals surface area contributed by atoms with E-state index in [1.807, 2.05) is 12.2 Å². The van der Waals surface area contributed by atoms with Gasteiger partial charge in [-0.2, -0.15) is 0 Å². The number of hydrogen-bond donors (Lipinski definition) is 2. The minimum Gasteiger partial charge on any atom is -0.462 e. The van der Waals surface area contributed by atoms with Gasteiger partial charge in [0.1, 0.15) is 0 Å². The summed E-state index contributed by atoms with van der Waals surface area (Å²) in [5.41, 5.74) is 0. The summed E-state index contributed by atoms with van der Waals surface area (Å²) in [6, 6.07) is 0. The first kappa shape index (κ1) is 23.9. The molecule has 136 valence electrons. The second-order valence-electron chi connectivity index (χ2n) is 4.96. The Morgan fingerprint density at radius 3 is 1.96 bits per heavy atom. The highest BCUT2D eigenvalue weighted by Gasteiger charge is 2.17. The number of aliphatic hydroxyl groups is 1. The van der Waals surface area contributed by atoms with Gasteiger partial charge in [-0.25, -0.2) is 4.79 Å². The van der Waals surface area contributed by atoms with Gasteiger partial charge in [0.2, 0.25) is 12.1 Å². The van der Waals surface area contributed by atoms with E-state index in [9.17, 15) is 9.59 Å². The van der Waals surface area contributed by atoms with Crippen LogP contribution in [0.3, 0.4) is 0 Å². The van der Waals surface area contributed by atoms with Crippen LogP contribution in [-0.2, 0) is 19.1 Å². The second-order valence-corrected chi connectivity index (χ2v) is 4.96. The lowest BCUT2D eigenvalue weighted by atomic mass is 10.3. The van der Waals surface area contributed by atoms with Crippen molar-refractivity contribution < 1.29 is 24.2 Å². The molecule has 0 heterocycles. The predicted molar refractivity (Wildman–Crippen MR) is 90.8 cm³/mol. The molecule has 0 aromatic heterocycles. The van der Waals surface area contributed by atoms with Crippen molar-refractivity contribution in [2.75, 3.05) is 19.8 Å². The Labute approximate surface area is 140 Å². The summed E-state index contributed by atoms with van der Waals surface area (Å²) in [5.74, 6) is -1.47. The monoisotopic (exact) mass is 331 g/mol. The van der Waals surface area contributed by atoms with Gasteiger partial charge in [0.05, 0.1) is 6.61 Å². The fourth-order valence-electron chi connectivity index (χ4n) is 1.24. The average molecular weight is 331 g/mol. The summed E-state index contributed by atoms with van der Waals surface area (Å²) in [7, 11) is 0. The minimum atomic E-state index is -1.61. The van der Waals surface area contributed by atoms with Gasteiger partial charge in [0.15, 0.2) is 0 Å². The molecule has 0 aromatic carbocycles. The lowest BCUT2D eigenvalue weighted by Crippen LogP contribution is -2.40. The number of carbonyl (C=O) groups is 2. The third-order valence-corrected chi connectivity index (χ3v) is 2.71. The van der Waals surface area contributed by atoms with E-state index >= 15 is 0 Å². The van der Waals surface area contributed by atoms with Crippen molar-refractivity contribution in [3.63, 3.8) is 0 Å². The zero-order valence-corrected chi connectivity index (χ0v) is 14.8. The normalized spacial score (nSPS) is 11.0. The molecule has 0 fully saturated rings. The van der Waals surface area contributed by atoms with Crippen LogP contribution in [0.5, 0.6) is 0 Å². The summed E-state index contributed by atoms with van der Waals surface area (Å²) in [6.45, 7) is 11.6. The largest absolute Gasteiger partial charge is 0.462 e. The quantitative estimate of drug-likeness (QED) is 0.248. The van der Waals surface area contributed by atoms with Gasteiger partial charge in [-0.15, -0.1) is 0 Å². The molecule has 0 radical (unpaired) electrons. The standard InChI is InChI=1S/C9H15NO4.C8H18O/c1-3-5-6-14-9(13)8(12)10-7(11)4-2;1-3-5-7-9-8-6-4-2/h4,8,12H,2-3,5-6H2,1H3,(H,10,11);3-8H2,1-2H3. The predicted octanol–water partition coefficient (Wildman–Crippen LogP) is 2.55. The Hall–Kier alpha value is -1.40. The number of unbranched alkanes of at least 4 members (excludes halogenated alkanes) is 3. The number of esters is 1. The van der Waals surface area contributed by atoms with Gasteiger partial charge in [-0.3, -0.25) is 4.79 Å². The van der Waals surface area contributed by atoms with Crippen LogP contribution in [0.25, 0.3) is 0 Å². The Balaban J connectivity index is 0. The highest BCUT2D eigenvalue weighted by molar-refractivity contribution is 5.90. The van der Waals surface area contributed by atoms with Gasteiger partial charge in [0, 0.05) is 13.2 Å². The molecule has 2 N–H and O–H groups in total. The third kappa shape index (κ3) is 18.6. The molecule has 0 spiro atoms. The van der Waals surface area contributed by atoms with Crippen molar-refractivity contribution >= 4 is 11.9 Å². The summed E-state index contributed by atoms with van der Waals surface area (Å²) < 4.78 is 9.97. The molecule has 1 atom stereocenters. The number of amides is 1. The summed E-state index contributed by atoms with van der Waals surface area (Å²) >= 11 is 0. The molecule has 0 aliphatic rings. The zero-order valence-electron chi connectivity index (χ0n) is 14.8. The number of hydrogen-bond acceptors (Lipinski definition) is 5. The molecule has 6 heteroatoms. The van der Waals surface area contributed by atoms with E-state index in [0.717, 1.165) is 32.1 Å². The molecule has 1 amide bonds. The molecule has 0 bridgehead atoms. The number of aliphatic hydroxyl groups excluding tert-OH is 1. The van der Waals surface area contributed by atoms with Crippen molar-refractivity contribution in [2.45, 2.75) is 65.5 Å². The van der Waals surface area contributed by atoms with Crippen LogP contribution in [0.2, 0.25) is 0 Å². The molecule has 0 saturated heterocycles. The van der Waals surface area contributed by atoms with Crippen LogP contribution in [0, 0.1) is 0 Å². The first-order valence-electron chi connectivity index (χ1n) is 8.38. The molecule has 0 aliphatic heterocycles.